The van der Waals surface area contributed by atoms with Crippen LogP contribution < -0.4 is 10.0 Å². The van der Waals surface area contributed by atoms with Crippen molar-refractivity contribution in [2.45, 2.75) is 11.8 Å². The minimum Gasteiger partial charge on any atom is -0.355 e. The maximum Gasteiger partial charge on any atom is 0.304 e. The second-order valence-corrected chi connectivity index (χ2v) is 5.42. The first-order chi connectivity index (χ1) is 9.27. The van der Waals surface area contributed by atoms with Crippen molar-refractivity contribution in [3.63, 3.8) is 0 Å². The maximum atomic E-state index is 13.3. The van der Waals surface area contributed by atoms with Gasteiger partial charge in [0.05, 0.1) is 16.4 Å². The molecule has 0 radical (unpaired) electrons. The van der Waals surface area contributed by atoms with Gasteiger partial charge < -0.3 is 5.32 Å². The van der Waals surface area contributed by atoms with Crippen molar-refractivity contribution in [2.24, 2.45) is 0 Å². The summed E-state index contributed by atoms with van der Waals surface area (Å²) >= 11 is 0. The number of nitrogens with one attached hydrogen (secondary N) is 2. The molecule has 0 aliphatic heterocycles. The van der Waals surface area contributed by atoms with Crippen LogP contribution in [-0.2, 0) is 14.8 Å². The summed E-state index contributed by atoms with van der Waals surface area (Å²) in [5.74, 6) is -1.81. The van der Waals surface area contributed by atoms with Crippen molar-refractivity contribution in [3.8, 4) is 0 Å². The third kappa shape index (κ3) is 3.96. The van der Waals surface area contributed by atoms with Gasteiger partial charge in [-0.3, -0.25) is 14.9 Å². The first-order valence-corrected chi connectivity index (χ1v) is 6.96. The summed E-state index contributed by atoms with van der Waals surface area (Å²) in [7, 11) is -4.11. The molecule has 10 heteroatoms. The summed E-state index contributed by atoms with van der Waals surface area (Å²) in [6.45, 7) is 1.50. The van der Waals surface area contributed by atoms with Crippen LogP contribution in [0.1, 0.15) is 6.92 Å². The fourth-order valence-electron chi connectivity index (χ4n) is 1.31. The largest absolute Gasteiger partial charge is 0.355 e. The fourth-order valence-corrected chi connectivity index (χ4v) is 2.30. The van der Waals surface area contributed by atoms with E-state index in [2.05, 4.69) is 5.32 Å². The highest BCUT2D eigenvalue weighted by molar-refractivity contribution is 7.89. The van der Waals surface area contributed by atoms with E-state index < -0.39 is 43.8 Å². The predicted octanol–water partition coefficient (Wildman–Crippen LogP) is 0.148. The fraction of sp³-hybridized carbons (Fsp3) is 0.300. The predicted molar refractivity (Wildman–Crippen MR) is 66.9 cm³/mol. The Balaban J connectivity index is 2.91. The molecule has 0 saturated heterocycles. The highest BCUT2D eigenvalue weighted by atomic mass is 32.2. The van der Waals surface area contributed by atoms with E-state index in [1.54, 1.807) is 6.92 Å². The van der Waals surface area contributed by atoms with E-state index in [0.717, 1.165) is 12.1 Å². The van der Waals surface area contributed by atoms with Crippen LogP contribution in [-0.4, -0.2) is 32.3 Å². The van der Waals surface area contributed by atoms with Crippen molar-refractivity contribution < 1.29 is 22.5 Å². The van der Waals surface area contributed by atoms with E-state index >= 15 is 0 Å². The highest BCUT2D eigenvalue weighted by Crippen LogP contribution is 2.20. The van der Waals surface area contributed by atoms with E-state index in [4.69, 9.17) is 0 Å². The second kappa shape index (κ2) is 6.39. The molecule has 8 nitrogen and oxygen atoms in total. The number of sulfonamides is 1. The van der Waals surface area contributed by atoms with Gasteiger partial charge in [-0.25, -0.2) is 13.1 Å². The summed E-state index contributed by atoms with van der Waals surface area (Å²) in [4.78, 5) is 20.1. The monoisotopic (exact) mass is 305 g/mol. The summed E-state index contributed by atoms with van der Waals surface area (Å²) in [5, 5.41) is 12.8. The van der Waals surface area contributed by atoms with Crippen LogP contribution in [0.4, 0.5) is 10.1 Å². The molecule has 2 N–H and O–H groups in total. The Labute approximate surface area is 114 Å². The number of hydrogen-bond donors (Lipinski definition) is 2. The van der Waals surface area contributed by atoms with Gasteiger partial charge in [-0.05, 0) is 13.0 Å². The van der Waals surface area contributed by atoms with Crippen molar-refractivity contribution in [1.82, 2.24) is 10.0 Å². The van der Waals surface area contributed by atoms with Crippen LogP contribution in [0.2, 0.25) is 0 Å². The molecule has 1 rings (SSSR count). The maximum absolute atomic E-state index is 13.3. The van der Waals surface area contributed by atoms with Crippen LogP contribution in [0, 0.1) is 15.9 Å². The molecule has 0 fully saturated rings. The Kier molecular flexibility index (Phi) is 5.11. The van der Waals surface area contributed by atoms with Crippen LogP contribution in [0.15, 0.2) is 23.1 Å². The van der Waals surface area contributed by atoms with E-state index in [-0.39, 0.29) is 0 Å². The lowest BCUT2D eigenvalue weighted by Crippen LogP contribution is -2.36. The van der Waals surface area contributed by atoms with Crippen molar-refractivity contribution in [2.75, 3.05) is 13.1 Å². The molecule has 0 unspecified atom stereocenters. The molecule has 1 aromatic rings. The summed E-state index contributed by atoms with van der Waals surface area (Å²) in [5.41, 5.74) is -0.826. The van der Waals surface area contributed by atoms with Crippen LogP contribution in [0.5, 0.6) is 0 Å². The van der Waals surface area contributed by atoms with Gasteiger partial charge in [-0.1, -0.05) is 0 Å². The molecule has 110 valence electrons. The molecule has 0 heterocycles. The number of likely N-dealkylation sites (N-methyl/N-ethyl adjacent to an activating group) is 1. The molecule has 0 spiro atoms. The number of nitro benzene ring substituents is 1. The first-order valence-electron chi connectivity index (χ1n) is 5.48. The third-order valence-corrected chi connectivity index (χ3v) is 3.62. The van der Waals surface area contributed by atoms with E-state index in [0.29, 0.717) is 12.6 Å². The van der Waals surface area contributed by atoms with Crippen LogP contribution >= 0.6 is 0 Å². The molecule has 1 amide bonds. The Bertz CT molecular complexity index is 632. The van der Waals surface area contributed by atoms with Crippen molar-refractivity contribution >= 4 is 21.6 Å². The summed E-state index contributed by atoms with van der Waals surface area (Å²) < 4.78 is 38.8. The Morgan fingerprint density at radius 3 is 2.60 bits per heavy atom. The molecular formula is C10H12FN3O5S. The average Bonchev–Trinajstić information content (AvgIpc) is 2.36. The molecular weight excluding hydrogens is 293 g/mol. The number of carbonyl (C=O) groups excluding carboxylic acids is 1. The summed E-state index contributed by atoms with van der Waals surface area (Å²) in [6, 6.07) is 2.16. The Morgan fingerprint density at radius 1 is 1.45 bits per heavy atom. The van der Waals surface area contributed by atoms with Crippen molar-refractivity contribution in [1.29, 1.82) is 0 Å². The number of carbonyl (C=O) groups is 1. The number of nitro groups is 1. The summed E-state index contributed by atoms with van der Waals surface area (Å²) in [6.07, 6.45) is 0. The number of benzene rings is 1. The lowest BCUT2D eigenvalue weighted by molar-refractivity contribution is -0.387. The number of rotatable bonds is 6. The molecule has 20 heavy (non-hydrogen) atoms. The zero-order valence-electron chi connectivity index (χ0n) is 10.4. The van der Waals surface area contributed by atoms with Crippen molar-refractivity contribution in [3.05, 3.63) is 34.1 Å². The molecule has 0 aliphatic rings. The molecule has 0 saturated carbocycles. The standard InChI is InChI=1S/C10H12FN3O5S/c1-2-12-10(15)6-13-20(18,19)7-3-4-9(14(16)17)8(11)5-7/h3-5,13H,2,6H2,1H3,(H,12,15). The van der Waals surface area contributed by atoms with Gasteiger partial charge in [0.15, 0.2) is 0 Å². The lowest BCUT2D eigenvalue weighted by atomic mass is 10.3. The molecule has 0 bridgehead atoms. The van der Waals surface area contributed by atoms with Crippen LogP contribution in [0.3, 0.4) is 0 Å². The third-order valence-electron chi connectivity index (χ3n) is 2.22. The number of amides is 1. The average molecular weight is 305 g/mol. The first kappa shape index (κ1) is 16.0. The SMILES string of the molecule is CCNC(=O)CNS(=O)(=O)c1ccc([N+](=O)[O-])c(F)c1. The second-order valence-electron chi connectivity index (χ2n) is 3.65. The van der Waals surface area contributed by atoms with Gasteiger partial charge in [0.25, 0.3) is 0 Å². The van der Waals surface area contributed by atoms with E-state index in [9.17, 15) is 27.7 Å². The Hall–Kier alpha value is -2.07. The highest BCUT2D eigenvalue weighted by Gasteiger charge is 2.21. The smallest absolute Gasteiger partial charge is 0.304 e. The molecule has 0 aromatic heterocycles. The minimum atomic E-state index is -4.11. The zero-order valence-corrected chi connectivity index (χ0v) is 11.2. The minimum absolute atomic E-state index is 0.340. The van der Waals surface area contributed by atoms with Gasteiger partial charge >= 0.3 is 5.69 Å². The quantitative estimate of drug-likeness (QED) is 0.573. The van der Waals surface area contributed by atoms with E-state index in [1.807, 2.05) is 4.72 Å². The van der Waals surface area contributed by atoms with Gasteiger partial charge in [0.2, 0.25) is 21.7 Å². The topological polar surface area (TPSA) is 118 Å². The normalized spacial score (nSPS) is 11.1. The molecule has 0 atom stereocenters. The molecule has 1 aromatic carbocycles. The van der Waals surface area contributed by atoms with Gasteiger partial charge in [-0.15, -0.1) is 0 Å². The van der Waals surface area contributed by atoms with Gasteiger partial charge in [0, 0.05) is 18.7 Å². The lowest BCUT2D eigenvalue weighted by Gasteiger charge is -2.06. The van der Waals surface area contributed by atoms with Gasteiger partial charge in [-0.2, -0.15) is 4.39 Å². The number of halogens is 1. The van der Waals surface area contributed by atoms with Crippen LogP contribution in [0.25, 0.3) is 0 Å². The van der Waals surface area contributed by atoms with E-state index in [1.165, 1.54) is 0 Å². The number of hydrogen-bond acceptors (Lipinski definition) is 5. The van der Waals surface area contributed by atoms with Gasteiger partial charge in [0.1, 0.15) is 0 Å². The Morgan fingerprint density at radius 2 is 2.10 bits per heavy atom. The number of nitrogens with zero attached hydrogens (tertiary/aromatic N) is 1. The zero-order chi connectivity index (χ0) is 15.3. The molecule has 0 aliphatic carbocycles.